The maximum Gasteiger partial charge on any atom is 0.242 e. The van der Waals surface area contributed by atoms with Crippen molar-refractivity contribution in [2.75, 3.05) is 13.7 Å². The Morgan fingerprint density at radius 3 is 2.73 bits per heavy atom. The van der Waals surface area contributed by atoms with E-state index in [0.717, 1.165) is 19.4 Å². The lowest BCUT2D eigenvalue weighted by atomic mass is 10.0. The maximum atomic E-state index is 12.5. The number of hydrogen-bond acceptors (Lipinski definition) is 4. The van der Waals surface area contributed by atoms with Gasteiger partial charge in [-0.1, -0.05) is 11.6 Å². The van der Waals surface area contributed by atoms with E-state index in [2.05, 4.69) is 26.0 Å². The molecule has 2 N–H and O–H groups in total. The average molecular weight is 434 g/mol. The third-order valence-electron chi connectivity index (χ3n) is 3.44. The van der Waals surface area contributed by atoms with Crippen LogP contribution in [0, 0.1) is 0 Å². The van der Waals surface area contributed by atoms with Gasteiger partial charge < -0.3 is 10.1 Å². The second-order valence-corrected chi connectivity index (χ2v) is 8.06. The number of ether oxygens (including phenoxy) is 1. The molecule has 1 aliphatic rings. The molecule has 0 saturated carbocycles. The van der Waals surface area contributed by atoms with Crippen LogP contribution in [0.2, 0.25) is 5.02 Å². The number of hydrogen-bond donors (Lipinski definition) is 2. The van der Waals surface area contributed by atoms with Crippen LogP contribution in [0.4, 0.5) is 0 Å². The Labute approximate surface area is 150 Å². The Kier molecular flexibility index (Phi) is 7.42. The van der Waals surface area contributed by atoms with E-state index in [9.17, 15) is 8.42 Å². The Morgan fingerprint density at radius 2 is 2.14 bits per heavy atom. The molecule has 5 nitrogen and oxygen atoms in total. The number of halogens is 3. The molecule has 9 heteroatoms. The molecule has 0 spiro atoms. The second-order valence-electron chi connectivity index (χ2n) is 5.11. The smallest absolute Gasteiger partial charge is 0.242 e. The molecule has 0 aromatic heterocycles. The van der Waals surface area contributed by atoms with Crippen LogP contribution in [0.3, 0.4) is 0 Å². The molecule has 1 aromatic carbocycles. The highest BCUT2D eigenvalue weighted by Crippen LogP contribution is 2.33. The van der Waals surface area contributed by atoms with Crippen LogP contribution in [0.15, 0.2) is 21.5 Å². The molecule has 1 saturated heterocycles. The van der Waals surface area contributed by atoms with Crippen molar-refractivity contribution < 1.29 is 13.2 Å². The minimum atomic E-state index is -3.63. The molecule has 1 heterocycles. The van der Waals surface area contributed by atoms with Gasteiger partial charge in [0, 0.05) is 16.6 Å². The van der Waals surface area contributed by atoms with Crippen molar-refractivity contribution in [1.29, 1.82) is 0 Å². The summed E-state index contributed by atoms with van der Waals surface area (Å²) in [6, 6.07) is 3.19. The number of nitrogens with one attached hydrogen (secondary N) is 2. The molecule has 2 unspecified atom stereocenters. The van der Waals surface area contributed by atoms with E-state index in [1.807, 2.05) is 6.92 Å². The van der Waals surface area contributed by atoms with Gasteiger partial charge in [0.2, 0.25) is 10.0 Å². The molecule has 0 bridgehead atoms. The van der Waals surface area contributed by atoms with Gasteiger partial charge in [0.15, 0.2) is 0 Å². The van der Waals surface area contributed by atoms with Crippen LogP contribution in [0.5, 0.6) is 5.75 Å². The van der Waals surface area contributed by atoms with E-state index in [0.29, 0.717) is 16.3 Å². The van der Waals surface area contributed by atoms with Crippen molar-refractivity contribution in [3.63, 3.8) is 0 Å². The highest BCUT2D eigenvalue weighted by atomic mass is 79.9. The first-order valence-corrected chi connectivity index (χ1v) is 9.27. The fourth-order valence-electron chi connectivity index (χ4n) is 2.39. The number of rotatable bonds is 4. The van der Waals surface area contributed by atoms with Crippen LogP contribution >= 0.6 is 39.9 Å². The minimum absolute atomic E-state index is 0. The van der Waals surface area contributed by atoms with Crippen molar-refractivity contribution in [2.24, 2.45) is 0 Å². The quantitative estimate of drug-likeness (QED) is 0.765. The zero-order valence-electron chi connectivity index (χ0n) is 12.2. The summed E-state index contributed by atoms with van der Waals surface area (Å²) in [7, 11) is -2.14. The molecule has 2 atom stereocenters. The summed E-state index contributed by atoms with van der Waals surface area (Å²) in [5.41, 5.74) is 0. The summed E-state index contributed by atoms with van der Waals surface area (Å²) in [5.74, 6) is 0.429. The molecular formula is C13H19BrCl2N2O3S. The first-order valence-electron chi connectivity index (χ1n) is 6.62. The number of methoxy groups -OCH3 is 1. The summed E-state index contributed by atoms with van der Waals surface area (Å²) in [6.07, 6.45) is 1.53. The Hall–Kier alpha value is -0.0500. The molecule has 22 heavy (non-hydrogen) atoms. The predicted molar refractivity (Wildman–Crippen MR) is 93.8 cm³/mol. The van der Waals surface area contributed by atoms with Crippen molar-refractivity contribution in [1.82, 2.24) is 10.0 Å². The van der Waals surface area contributed by atoms with Gasteiger partial charge in [-0.3, -0.25) is 0 Å². The van der Waals surface area contributed by atoms with E-state index in [1.54, 1.807) is 6.07 Å². The minimum Gasteiger partial charge on any atom is -0.495 e. The summed E-state index contributed by atoms with van der Waals surface area (Å²) in [5, 5.41) is 3.55. The van der Waals surface area contributed by atoms with E-state index < -0.39 is 10.0 Å². The van der Waals surface area contributed by atoms with E-state index in [-0.39, 0.29) is 28.4 Å². The summed E-state index contributed by atoms with van der Waals surface area (Å²) in [4.78, 5) is 0.125. The fraction of sp³-hybridized carbons (Fsp3) is 0.538. The molecule has 0 aliphatic carbocycles. The van der Waals surface area contributed by atoms with Gasteiger partial charge >= 0.3 is 0 Å². The van der Waals surface area contributed by atoms with Crippen molar-refractivity contribution in [3.05, 3.63) is 21.6 Å². The van der Waals surface area contributed by atoms with Gasteiger partial charge in [0.05, 0.1) is 17.0 Å². The van der Waals surface area contributed by atoms with Gasteiger partial charge in [-0.15, -0.1) is 12.4 Å². The summed E-state index contributed by atoms with van der Waals surface area (Å²) in [6.45, 7) is 2.85. The fourth-order valence-corrected chi connectivity index (χ4v) is 5.03. The van der Waals surface area contributed by atoms with Crippen LogP contribution in [-0.2, 0) is 10.0 Å². The van der Waals surface area contributed by atoms with Crippen LogP contribution < -0.4 is 14.8 Å². The van der Waals surface area contributed by atoms with Gasteiger partial charge in [-0.25, -0.2) is 13.1 Å². The lowest BCUT2D eigenvalue weighted by Crippen LogP contribution is -2.46. The predicted octanol–water partition coefficient (Wildman–Crippen LogP) is 2.95. The normalized spacial score (nSPS) is 22.0. The number of sulfonamides is 1. The van der Waals surface area contributed by atoms with Crippen LogP contribution in [0.1, 0.15) is 19.8 Å². The van der Waals surface area contributed by atoms with Crippen molar-refractivity contribution >= 4 is 50.0 Å². The van der Waals surface area contributed by atoms with Gasteiger partial charge in [0.1, 0.15) is 5.75 Å². The lowest BCUT2D eigenvalue weighted by Gasteiger charge is -2.28. The van der Waals surface area contributed by atoms with E-state index in [4.69, 9.17) is 16.3 Å². The molecular weight excluding hydrogens is 415 g/mol. The zero-order valence-corrected chi connectivity index (χ0v) is 16.2. The topological polar surface area (TPSA) is 67.4 Å². The third-order valence-corrected chi connectivity index (χ3v) is 6.22. The van der Waals surface area contributed by atoms with Crippen LogP contribution in [0.25, 0.3) is 0 Å². The Morgan fingerprint density at radius 1 is 1.45 bits per heavy atom. The maximum absolute atomic E-state index is 12.5. The van der Waals surface area contributed by atoms with Gasteiger partial charge in [-0.2, -0.15) is 0 Å². The molecule has 1 fully saturated rings. The molecule has 1 aromatic rings. The zero-order chi connectivity index (χ0) is 15.6. The van der Waals surface area contributed by atoms with Crippen LogP contribution in [-0.4, -0.2) is 34.2 Å². The standard InChI is InChI=1S/C13H18BrClN2O3S.ClH/c1-8-5-9(3-4-16-8)17-21(18,19)13-7-11(15)12(20-2)6-10(13)14;/h6-9,16-17H,3-5H2,1-2H3;1H. The number of piperidine rings is 1. The monoisotopic (exact) mass is 432 g/mol. The molecule has 0 amide bonds. The molecule has 0 radical (unpaired) electrons. The lowest BCUT2D eigenvalue weighted by molar-refractivity contribution is 0.361. The largest absolute Gasteiger partial charge is 0.495 e. The molecule has 126 valence electrons. The SMILES string of the molecule is COc1cc(Br)c(S(=O)(=O)NC2CCNC(C)C2)cc1Cl.Cl. The Balaban J connectivity index is 0.00000242. The van der Waals surface area contributed by atoms with E-state index >= 15 is 0 Å². The van der Waals surface area contributed by atoms with Crippen molar-refractivity contribution in [3.8, 4) is 5.75 Å². The molecule has 1 aliphatic heterocycles. The van der Waals surface area contributed by atoms with Crippen molar-refractivity contribution in [2.45, 2.75) is 36.7 Å². The third kappa shape index (κ3) is 4.72. The first kappa shape index (κ1) is 20.0. The second kappa shape index (κ2) is 8.17. The van der Waals surface area contributed by atoms with E-state index in [1.165, 1.54) is 13.2 Å². The average Bonchev–Trinajstić information content (AvgIpc) is 2.40. The van der Waals surface area contributed by atoms with Gasteiger partial charge in [-0.05, 0) is 54.4 Å². The highest BCUT2D eigenvalue weighted by Gasteiger charge is 2.26. The highest BCUT2D eigenvalue weighted by molar-refractivity contribution is 9.10. The first-order chi connectivity index (χ1) is 9.83. The Bertz CT molecular complexity index is 628. The number of benzene rings is 1. The van der Waals surface area contributed by atoms with Gasteiger partial charge in [0.25, 0.3) is 0 Å². The summed E-state index contributed by atoms with van der Waals surface area (Å²) < 4.78 is 33.3. The summed E-state index contributed by atoms with van der Waals surface area (Å²) >= 11 is 9.29. The molecule has 2 rings (SSSR count).